The largest absolute Gasteiger partial charge is 0.353 e. The molecule has 1 aromatic rings. The van der Waals surface area contributed by atoms with Crippen LogP contribution in [0.5, 0.6) is 0 Å². The average molecular weight is 352 g/mol. The molecule has 0 saturated carbocycles. The molecule has 6 nitrogen and oxygen atoms in total. The minimum absolute atomic E-state index is 0.202. The first-order valence-electron chi connectivity index (χ1n) is 8.97. The van der Waals surface area contributed by atoms with Crippen LogP contribution in [0.2, 0.25) is 0 Å². The van der Waals surface area contributed by atoms with Gasteiger partial charge in [0.1, 0.15) is 5.69 Å². The molecule has 26 heavy (non-hydrogen) atoms. The highest BCUT2D eigenvalue weighted by atomic mass is 16.2. The Bertz CT molecular complexity index is 925. The second-order valence-corrected chi connectivity index (χ2v) is 6.83. The van der Waals surface area contributed by atoms with Crippen molar-refractivity contribution in [2.24, 2.45) is 5.92 Å². The molecular weight excluding hydrogens is 328 g/mol. The number of carbonyl (C=O) groups is 1. The molecule has 0 bridgehead atoms. The van der Waals surface area contributed by atoms with Gasteiger partial charge in [-0.1, -0.05) is 39.0 Å². The maximum atomic E-state index is 12.9. The van der Waals surface area contributed by atoms with Gasteiger partial charge in [0.25, 0.3) is 11.5 Å². The molecule has 6 heteroatoms. The molecule has 136 valence electrons. The molecule has 2 heterocycles. The predicted molar refractivity (Wildman–Crippen MR) is 102 cm³/mol. The minimum Gasteiger partial charge on any atom is -0.353 e. The summed E-state index contributed by atoms with van der Waals surface area (Å²) in [6.07, 6.45) is 4.47. The Morgan fingerprint density at radius 3 is 2.58 bits per heavy atom. The first-order chi connectivity index (χ1) is 12.5. The van der Waals surface area contributed by atoms with E-state index in [-0.39, 0.29) is 11.5 Å². The van der Waals surface area contributed by atoms with Gasteiger partial charge < -0.3 is 9.88 Å². The first-order valence-corrected chi connectivity index (χ1v) is 8.97. The van der Waals surface area contributed by atoms with E-state index < -0.39 is 0 Å². The molecule has 0 spiro atoms. The number of para-hydroxylation sites is 1. The van der Waals surface area contributed by atoms with Gasteiger partial charge in [-0.25, -0.2) is 0 Å². The van der Waals surface area contributed by atoms with Crippen molar-refractivity contribution in [1.29, 1.82) is 0 Å². The van der Waals surface area contributed by atoms with Crippen molar-refractivity contribution in [2.45, 2.75) is 33.7 Å². The Morgan fingerprint density at radius 1 is 1.19 bits per heavy atom. The van der Waals surface area contributed by atoms with Crippen LogP contribution in [-0.2, 0) is 6.54 Å². The zero-order valence-corrected chi connectivity index (χ0v) is 15.4. The van der Waals surface area contributed by atoms with Gasteiger partial charge in [-0.3, -0.25) is 9.59 Å². The summed E-state index contributed by atoms with van der Waals surface area (Å²) < 4.78 is 3.26. The van der Waals surface area contributed by atoms with E-state index in [2.05, 4.69) is 17.3 Å². The van der Waals surface area contributed by atoms with Crippen LogP contribution < -0.4 is 10.9 Å². The van der Waals surface area contributed by atoms with E-state index in [1.807, 2.05) is 48.7 Å². The predicted octanol–water partition coefficient (Wildman–Crippen LogP) is 2.93. The van der Waals surface area contributed by atoms with Gasteiger partial charge in [-0.2, -0.15) is 9.78 Å². The van der Waals surface area contributed by atoms with Crippen molar-refractivity contribution in [2.75, 3.05) is 6.54 Å². The molecule has 0 fully saturated rings. The van der Waals surface area contributed by atoms with Gasteiger partial charge in [-0.05, 0) is 24.5 Å². The van der Waals surface area contributed by atoms with Crippen molar-refractivity contribution in [3.8, 4) is 16.9 Å². The lowest BCUT2D eigenvalue weighted by atomic mass is 10.1. The lowest BCUT2D eigenvalue weighted by molar-refractivity contribution is 0.0948. The number of rotatable bonds is 6. The summed E-state index contributed by atoms with van der Waals surface area (Å²) in [4.78, 5) is 25.6. The number of pyridine rings is 1. The molecule has 1 aromatic carbocycles. The number of nitrogens with one attached hydrogen (secondary N) is 1. The highest BCUT2D eigenvalue weighted by Gasteiger charge is 2.24. The van der Waals surface area contributed by atoms with Crippen molar-refractivity contribution >= 4 is 5.91 Å². The summed E-state index contributed by atoms with van der Waals surface area (Å²) in [5.74, 6) is 0.143. The quantitative estimate of drug-likeness (QED) is 0.741. The van der Waals surface area contributed by atoms with Gasteiger partial charge in [0.2, 0.25) is 0 Å². The number of carbonyl (C=O) groups excluding carboxylic acids is 1. The van der Waals surface area contributed by atoms with Gasteiger partial charge in [-0.15, -0.1) is 0 Å². The fourth-order valence-corrected chi connectivity index (χ4v) is 2.85. The minimum atomic E-state index is -0.213. The standard InChI is InChI=1S/C20H24N4O2/c1-4-10-23-12-16(19(25)21-11-14(2)3)18-17(13-23)20(26)24(22-18)15-8-6-5-7-9-15/h5-9,12-14H,4,10-11H2,1-3H3,(H,21,25). The van der Waals surface area contributed by atoms with Crippen LogP contribution in [0.1, 0.15) is 37.6 Å². The SMILES string of the molecule is CCCn1cc(C(=O)NCC(C)C)c2nn(-c3ccccc3)c(=O)c-2c1. The van der Waals surface area contributed by atoms with Crippen LogP contribution in [0.3, 0.4) is 0 Å². The lowest BCUT2D eigenvalue weighted by Crippen LogP contribution is -2.28. The summed E-state index contributed by atoms with van der Waals surface area (Å²) in [6, 6.07) is 9.25. The molecular formula is C20H24N4O2. The van der Waals surface area contributed by atoms with Crippen molar-refractivity contribution in [1.82, 2.24) is 19.7 Å². The number of benzene rings is 1. The molecule has 3 rings (SSSR count). The highest BCUT2D eigenvalue weighted by molar-refractivity contribution is 5.99. The summed E-state index contributed by atoms with van der Waals surface area (Å²) in [7, 11) is 0. The summed E-state index contributed by atoms with van der Waals surface area (Å²) >= 11 is 0. The molecule has 0 unspecified atom stereocenters. The Balaban J connectivity index is 2.14. The zero-order chi connectivity index (χ0) is 18.7. The van der Waals surface area contributed by atoms with Gasteiger partial charge in [0, 0.05) is 25.5 Å². The highest BCUT2D eigenvalue weighted by Crippen LogP contribution is 2.22. The number of amides is 1. The third kappa shape index (κ3) is 3.54. The Hall–Kier alpha value is -2.89. The number of hydrogen-bond acceptors (Lipinski definition) is 3. The van der Waals surface area contributed by atoms with E-state index in [4.69, 9.17) is 0 Å². The third-order valence-electron chi connectivity index (χ3n) is 4.12. The molecule has 1 amide bonds. The van der Waals surface area contributed by atoms with Crippen LogP contribution in [0, 0.1) is 5.92 Å². The van der Waals surface area contributed by atoms with E-state index in [1.165, 1.54) is 4.68 Å². The summed E-state index contributed by atoms with van der Waals surface area (Å²) in [6.45, 7) is 7.44. The molecule has 0 saturated heterocycles. The van der Waals surface area contributed by atoms with E-state index in [1.54, 1.807) is 12.4 Å². The molecule has 0 atom stereocenters. The fraction of sp³-hybridized carbons (Fsp3) is 0.350. The van der Waals surface area contributed by atoms with Crippen molar-refractivity contribution < 1.29 is 4.79 Å². The number of nitrogens with zero attached hydrogens (tertiary/aromatic N) is 3. The van der Waals surface area contributed by atoms with Gasteiger partial charge >= 0.3 is 0 Å². The monoisotopic (exact) mass is 352 g/mol. The first kappa shape index (κ1) is 17.9. The molecule has 2 aliphatic rings. The Labute approximate surface area is 152 Å². The van der Waals surface area contributed by atoms with Crippen LogP contribution in [-0.4, -0.2) is 26.8 Å². The smallest absolute Gasteiger partial charge is 0.282 e. The maximum absolute atomic E-state index is 12.9. The van der Waals surface area contributed by atoms with E-state index in [0.717, 1.165) is 13.0 Å². The van der Waals surface area contributed by atoms with Gasteiger partial charge in [0.05, 0.1) is 16.8 Å². The summed E-state index contributed by atoms with van der Waals surface area (Å²) in [5.41, 5.74) is 1.80. The van der Waals surface area contributed by atoms with E-state index in [9.17, 15) is 9.59 Å². The topological polar surface area (TPSA) is 68.9 Å². The average Bonchev–Trinajstić information content (AvgIpc) is 2.97. The maximum Gasteiger partial charge on any atom is 0.282 e. The number of aromatic nitrogens is 3. The fourth-order valence-electron chi connectivity index (χ4n) is 2.85. The molecule has 0 aromatic heterocycles. The second kappa shape index (κ2) is 7.56. The number of fused-ring (bicyclic) bond motifs is 1. The summed E-state index contributed by atoms with van der Waals surface area (Å²) in [5, 5.41) is 7.39. The molecule has 1 N–H and O–H groups in total. The van der Waals surface area contributed by atoms with Crippen LogP contribution in [0.15, 0.2) is 47.5 Å². The molecule has 0 radical (unpaired) electrons. The molecule has 0 aliphatic carbocycles. The van der Waals surface area contributed by atoms with Crippen LogP contribution in [0.25, 0.3) is 16.9 Å². The number of aryl methyl sites for hydroxylation is 1. The van der Waals surface area contributed by atoms with Gasteiger partial charge in [0.15, 0.2) is 0 Å². The second-order valence-electron chi connectivity index (χ2n) is 6.83. The Morgan fingerprint density at radius 2 is 1.92 bits per heavy atom. The van der Waals surface area contributed by atoms with E-state index in [0.29, 0.717) is 35.0 Å². The number of hydrogen-bond donors (Lipinski definition) is 1. The van der Waals surface area contributed by atoms with Crippen molar-refractivity contribution in [3.05, 3.63) is 58.6 Å². The zero-order valence-electron chi connectivity index (χ0n) is 15.4. The van der Waals surface area contributed by atoms with E-state index >= 15 is 0 Å². The van der Waals surface area contributed by atoms with Crippen LogP contribution in [0.4, 0.5) is 0 Å². The molecule has 2 aliphatic heterocycles. The lowest BCUT2D eigenvalue weighted by Gasteiger charge is -2.13. The van der Waals surface area contributed by atoms with Crippen LogP contribution >= 0.6 is 0 Å². The normalized spacial score (nSPS) is 11.2. The third-order valence-corrected chi connectivity index (χ3v) is 4.12. The van der Waals surface area contributed by atoms with Crippen molar-refractivity contribution in [3.63, 3.8) is 0 Å². The Kier molecular flexibility index (Phi) is 5.21.